The van der Waals surface area contributed by atoms with E-state index in [1.165, 1.54) is 22.4 Å². The number of hydrogen-bond donors (Lipinski definition) is 3. The molecule has 0 bridgehead atoms. The third kappa shape index (κ3) is 3.85. The van der Waals surface area contributed by atoms with Gasteiger partial charge in [0.1, 0.15) is 12.7 Å². The van der Waals surface area contributed by atoms with Gasteiger partial charge in [-0.1, -0.05) is 42.5 Å². The molecule has 4 aromatic rings. The molecule has 0 aliphatic carbocycles. The molecule has 0 unspecified atom stereocenters. The molecule has 1 aromatic heterocycles. The SMILES string of the molecule is c1ccc(Nc2ccc(-c3cccc4c3NCC4)c(NCCn3cncn3)c2)cc1. The van der Waals surface area contributed by atoms with E-state index in [4.69, 9.17) is 0 Å². The summed E-state index contributed by atoms with van der Waals surface area (Å²) >= 11 is 0. The van der Waals surface area contributed by atoms with E-state index in [-0.39, 0.29) is 0 Å². The first-order valence-electron chi connectivity index (χ1n) is 10.3. The van der Waals surface area contributed by atoms with Gasteiger partial charge in [0.05, 0.1) is 6.54 Å². The van der Waals surface area contributed by atoms with Crippen LogP contribution in [0, 0.1) is 0 Å². The van der Waals surface area contributed by atoms with Crippen LogP contribution in [0.25, 0.3) is 11.1 Å². The first kappa shape index (κ1) is 18.2. The highest BCUT2D eigenvalue weighted by atomic mass is 15.3. The van der Waals surface area contributed by atoms with Crippen molar-refractivity contribution in [3.8, 4) is 11.1 Å². The number of para-hydroxylation sites is 2. The van der Waals surface area contributed by atoms with Gasteiger partial charge in [-0.25, -0.2) is 4.98 Å². The summed E-state index contributed by atoms with van der Waals surface area (Å²) < 4.78 is 1.83. The molecule has 0 fully saturated rings. The maximum Gasteiger partial charge on any atom is 0.137 e. The molecular formula is C24H24N6. The zero-order chi connectivity index (χ0) is 20.2. The second-order valence-corrected chi connectivity index (χ2v) is 7.35. The molecular weight excluding hydrogens is 372 g/mol. The zero-order valence-electron chi connectivity index (χ0n) is 16.7. The van der Waals surface area contributed by atoms with Crippen molar-refractivity contribution in [2.75, 3.05) is 29.0 Å². The van der Waals surface area contributed by atoms with Gasteiger partial charge in [0.25, 0.3) is 0 Å². The maximum atomic E-state index is 4.19. The van der Waals surface area contributed by atoms with Crippen LogP contribution in [0.4, 0.5) is 22.7 Å². The average Bonchev–Trinajstić information content (AvgIpc) is 3.47. The number of nitrogens with zero attached hydrogens (tertiary/aromatic N) is 3. The molecule has 3 aromatic carbocycles. The molecule has 0 saturated carbocycles. The smallest absolute Gasteiger partial charge is 0.137 e. The number of nitrogens with one attached hydrogen (secondary N) is 3. The van der Waals surface area contributed by atoms with Gasteiger partial charge < -0.3 is 16.0 Å². The summed E-state index contributed by atoms with van der Waals surface area (Å²) in [5.41, 5.74) is 8.28. The predicted octanol–water partition coefficient (Wildman–Crippen LogP) is 4.77. The molecule has 30 heavy (non-hydrogen) atoms. The third-order valence-electron chi connectivity index (χ3n) is 5.34. The van der Waals surface area contributed by atoms with Crippen molar-refractivity contribution in [1.29, 1.82) is 0 Å². The van der Waals surface area contributed by atoms with Gasteiger partial charge in [-0.05, 0) is 36.2 Å². The summed E-state index contributed by atoms with van der Waals surface area (Å²) in [5.74, 6) is 0. The van der Waals surface area contributed by atoms with E-state index in [0.29, 0.717) is 0 Å². The maximum absolute atomic E-state index is 4.19. The number of fused-ring (bicyclic) bond motifs is 1. The van der Waals surface area contributed by atoms with Crippen molar-refractivity contribution in [3.63, 3.8) is 0 Å². The number of aromatic nitrogens is 3. The van der Waals surface area contributed by atoms with Gasteiger partial charge in [0, 0.05) is 47.0 Å². The Bertz CT molecular complexity index is 1120. The van der Waals surface area contributed by atoms with Gasteiger partial charge in [-0.2, -0.15) is 5.10 Å². The Hall–Kier alpha value is -3.80. The van der Waals surface area contributed by atoms with Crippen molar-refractivity contribution in [2.24, 2.45) is 0 Å². The normalized spacial score (nSPS) is 12.3. The highest BCUT2D eigenvalue weighted by molar-refractivity contribution is 5.90. The summed E-state index contributed by atoms with van der Waals surface area (Å²) in [5, 5.41) is 14.9. The van der Waals surface area contributed by atoms with Crippen LogP contribution in [-0.4, -0.2) is 27.9 Å². The van der Waals surface area contributed by atoms with Gasteiger partial charge in [-0.3, -0.25) is 4.68 Å². The van der Waals surface area contributed by atoms with Crippen molar-refractivity contribution < 1.29 is 0 Å². The molecule has 0 spiro atoms. The van der Waals surface area contributed by atoms with Crippen molar-refractivity contribution in [1.82, 2.24) is 14.8 Å². The number of rotatable bonds is 7. The fourth-order valence-corrected chi connectivity index (χ4v) is 3.91. The topological polar surface area (TPSA) is 66.8 Å². The predicted molar refractivity (Wildman–Crippen MR) is 122 cm³/mol. The minimum Gasteiger partial charge on any atom is -0.384 e. The molecule has 2 heterocycles. The van der Waals surface area contributed by atoms with E-state index >= 15 is 0 Å². The first-order chi connectivity index (χ1) is 14.9. The van der Waals surface area contributed by atoms with E-state index in [1.807, 2.05) is 22.9 Å². The van der Waals surface area contributed by atoms with E-state index < -0.39 is 0 Å². The van der Waals surface area contributed by atoms with E-state index in [2.05, 4.69) is 74.6 Å². The molecule has 0 saturated heterocycles. The lowest BCUT2D eigenvalue weighted by atomic mass is 9.98. The summed E-state index contributed by atoms with van der Waals surface area (Å²) in [6.45, 7) is 2.50. The van der Waals surface area contributed by atoms with Crippen LogP contribution in [0.2, 0.25) is 0 Å². The Balaban J connectivity index is 1.46. The van der Waals surface area contributed by atoms with Crippen LogP contribution in [0.5, 0.6) is 0 Å². The minimum absolute atomic E-state index is 0.751. The van der Waals surface area contributed by atoms with Crippen LogP contribution < -0.4 is 16.0 Å². The van der Waals surface area contributed by atoms with Crippen molar-refractivity contribution in [3.05, 3.63) is 84.9 Å². The van der Waals surface area contributed by atoms with Crippen LogP contribution >= 0.6 is 0 Å². The molecule has 1 aliphatic rings. The van der Waals surface area contributed by atoms with Gasteiger partial charge >= 0.3 is 0 Å². The fourth-order valence-electron chi connectivity index (χ4n) is 3.91. The Morgan fingerprint density at radius 2 is 1.87 bits per heavy atom. The fraction of sp³-hybridized carbons (Fsp3) is 0.167. The molecule has 0 radical (unpaired) electrons. The summed E-state index contributed by atoms with van der Waals surface area (Å²) in [7, 11) is 0. The molecule has 6 nitrogen and oxygen atoms in total. The Labute approximate surface area is 176 Å². The zero-order valence-corrected chi connectivity index (χ0v) is 16.7. The highest BCUT2D eigenvalue weighted by Gasteiger charge is 2.17. The quantitative estimate of drug-likeness (QED) is 0.420. The monoisotopic (exact) mass is 396 g/mol. The van der Waals surface area contributed by atoms with Gasteiger partial charge in [-0.15, -0.1) is 0 Å². The van der Waals surface area contributed by atoms with E-state index in [0.717, 1.165) is 43.1 Å². The van der Waals surface area contributed by atoms with Crippen LogP contribution in [-0.2, 0) is 13.0 Å². The minimum atomic E-state index is 0.751. The first-order valence-corrected chi connectivity index (χ1v) is 10.3. The Kier molecular flexibility index (Phi) is 5.04. The molecule has 1 aliphatic heterocycles. The lowest BCUT2D eigenvalue weighted by molar-refractivity contribution is 0.636. The highest BCUT2D eigenvalue weighted by Crippen LogP contribution is 2.39. The second-order valence-electron chi connectivity index (χ2n) is 7.35. The molecule has 0 atom stereocenters. The van der Waals surface area contributed by atoms with Crippen LogP contribution in [0.15, 0.2) is 79.4 Å². The molecule has 6 heteroatoms. The summed E-state index contributed by atoms with van der Waals surface area (Å²) in [6, 6.07) is 23.3. The molecule has 0 amide bonds. The number of anilines is 4. The Morgan fingerprint density at radius 1 is 0.933 bits per heavy atom. The van der Waals surface area contributed by atoms with Crippen LogP contribution in [0.3, 0.4) is 0 Å². The third-order valence-corrected chi connectivity index (χ3v) is 5.34. The van der Waals surface area contributed by atoms with E-state index in [9.17, 15) is 0 Å². The molecule has 5 rings (SSSR count). The standard InChI is InChI=1S/C24H24N6/c1-2-6-19(7-3-1)29-20-9-10-21(22-8-4-5-18-11-12-27-24(18)22)23(15-20)26-13-14-30-17-25-16-28-30/h1-10,15-17,26-27,29H,11-14H2. The number of hydrogen-bond acceptors (Lipinski definition) is 5. The Morgan fingerprint density at radius 3 is 2.73 bits per heavy atom. The largest absolute Gasteiger partial charge is 0.384 e. The second kappa shape index (κ2) is 8.29. The van der Waals surface area contributed by atoms with Gasteiger partial charge in [0.2, 0.25) is 0 Å². The lowest BCUT2D eigenvalue weighted by Crippen LogP contribution is -2.11. The van der Waals surface area contributed by atoms with Crippen molar-refractivity contribution >= 4 is 22.7 Å². The molecule has 3 N–H and O–H groups in total. The molecule has 150 valence electrons. The van der Waals surface area contributed by atoms with E-state index in [1.54, 1.807) is 12.7 Å². The summed E-state index contributed by atoms with van der Waals surface area (Å²) in [6.07, 6.45) is 4.38. The summed E-state index contributed by atoms with van der Waals surface area (Å²) in [4.78, 5) is 4.02. The lowest BCUT2D eigenvalue weighted by Gasteiger charge is -2.17. The average molecular weight is 396 g/mol. The van der Waals surface area contributed by atoms with Gasteiger partial charge in [0.15, 0.2) is 0 Å². The van der Waals surface area contributed by atoms with Crippen molar-refractivity contribution in [2.45, 2.75) is 13.0 Å². The van der Waals surface area contributed by atoms with Crippen LogP contribution in [0.1, 0.15) is 5.56 Å². The number of benzene rings is 3.